The van der Waals surface area contributed by atoms with Crippen LogP contribution < -0.4 is 10.6 Å². The molecular weight excluding hydrogens is 188 g/mol. The first-order chi connectivity index (χ1) is 7.24. The molecule has 0 spiro atoms. The van der Waals surface area contributed by atoms with E-state index in [1.54, 1.807) is 12.2 Å². The van der Waals surface area contributed by atoms with Crippen molar-refractivity contribution in [2.24, 2.45) is 0 Å². The van der Waals surface area contributed by atoms with Crippen LogP contribution >= 0.6 is 0 Å². The lowest BCUT2D eigenvalue weighted by atomic mass is 10.3. The lowest BCUT2D eigenvalue weighted by Gasteiger charge is -2.13. The Balaban J connectivity index is 2.64. The van der Waals surface area contributed by atoms with Crippen molar-refractivity contribution in [3.63, 3.8) is 0 Å². The Morgan fingerprint density at radius 2 is 1.80 bits per heavy atom. The van der Waals surface area contributed by atoms with E-state index in [0.717, 1.165) is 17.7 Å². The lowest BCUT2D eigenvalue weighted by Crippen LogP contribution is -2.07. The fourth-order valence-electron chi connectivity index (χ4n) is 1.08. The van der Waals surface area contributed by atoms with Gasteiger partial charge in [-0.05, 0) is 36.4 Å². The van der Waals surface area contributed by atoms with Gasteiger partial charge in [0.25, 0.3) is 0 Å². The van der Waals surface area contributed by atoms with Crippen molar-refractivity contribution in [1.29, 1.82) is 0 Å². The summed E-state index contributed by atoms with van der Waals surface area (Å²) < 4.78 is 0. The van der Waals surface area contributed by atoms with Crippen molar-refractivity contribution < 1.29 is 4.79 Å². The van der Waals surface area contributed by atoms with Gasteiger partial charge in [-0.25, -0.2) is 0 Å². The summed E-state index contributed by atoms with van der Waals surface area (Å²) >= 11 is 0. The normalized spacial score (nSPS) is 11.0. The number of benzene rings is 1. The van der Waals surface area contributed by atoms with Crippen molar-refractivity contribution in [3.8, 4) is 0 Å². The molecule has 0 atom stereocenters. The van der Waals surface area contributed by atoms with Gasteiger partial charge >= 0.3 is 0 Å². The Morgan fingerprint density at radius 3 is 2.40 bits per heavy atom. The second-order valence-corrected chi connectivity index (χ2v) is 3.06. The summed E-state index contributed by atoms with van der Waals surface area (Å²) in [6.45, 7) is 0. The predicted molar refractivity (Wildman–Crippen MR) is 63.6 cm³/mol. The average molecular weight is 202 g/mol. The lowest BCUT2D eigenvalue weighted by molar-refractivity contribution is -0.104. The third-order valence-corrected chi connectivity index (χ3v) is 1.91. The maximum absolute atomic E-state index is 10.0. The summed E-state index contributed by atoms with van der Waals surface area (Å²) in [4.78, 5) is 11.9. The first-order valence-corrected chi connectivity index (χ1v) is 4.61. The van der Waals surface area contributed by atoms with E-state index >= 15 is 0 Å². The molecule has 0 bridgehead atoms. The quantitative estimate of drug-likeness (QED) is 0.351. The Labute approximate surface area is 89.5 Å². The summed E-state index contributed by atoms with van der Waals surface area (Å²) in [5.74, 6) is 0. The van der Waals surface area contributed by atoms with E-state index in [4.69, 9.17) is 5.73 Å². The van der Waals surface area contributed by atoms with Gasteiger partial charge in [0.15, 0.2) is 0 Å². The van der Waals surface area contributed by atoms with Gasteiger partial charge in [-0.15, -0.1) is 0 Å². The first kappa shape index (κ1) is 11.0. The van der Waals surface area contributed by atoms with Crippen molar-refractivity contribution in [2.75, 3.05) is 17.7 Å². The van der Waals surface area contributed by atoms with Crippen LogP contribution in [0.4, 0.5) is 11.4 Å². The molecule has 0 aromatic heterocycles. The molecule has 0 amide bonds. The van der Waals surface area contributed by atoms with Crippen molar-refractivity contribution in [1.82, 2.24) is 0 Å². The summed E-state index contributed by atoms with van der Waals surface area (Å²) in [5, 5.41) is 0. The van der Waals surface area contributed by atoms with E-state index in [2.05, 4.69) is 0 Å². The zero-order valence-electron chi connectivity index (χ0n) is 8.63. The van der Waals surface area contributed by atoms with Crippen LogP contribution in [0.2, 0.25) is 0 Å². The molecule has 0 fully saturated rings. The SMILES string of the molecule is CN(/C=C\C=C/C=O)c1ccc(N)cc1. The summed E-state index contributed by atoms with van der Waals surface area (Å²) in [6, 6.07) is 7.56. The second kappa shape index (κ2) is 5.65. The van der Waals surface area contributed by atoms with Crippen molar-refractivity contribution in [3.05, 3.63) is 48.7 Å². The maximum Gasteiger partial charge on any atom is 0.142 e. The van der Waals surface area contributed by atoms with Crippen LogP contribution in [0.1, 0.15) is 0 Å². The van der Waals surface area contributed by atoms with Crippen LogP contribution in [-0.2, 0) is 4.79 Å². The van der Waals surface area contributed by atoms with Crippen molar-refractivity contribution >= 4 is 17.7 Å². The number of carbonyl (C=O) groups is 1. The summed E-state index contributed by atoms with van der Waals surface area (Å²) in [5.41, 5.74) is 7.37. The van der Waals surface area contributed by atoms with E-state index in [9.17, 15) is 4.79 Å². The third kappa shape index (κ3) is 3.68. The first-order valence-electron chi connectivity index (χ1n) is 4.61. The standard InChI is InChI=1S/C12H14N2O/c1-14(9-3-2-4-10-15)12-7-5-11(13)6-8-12/h2-10H,13H2,1H3/b4-2-,9-3-. The molecule has 1 aromatic rings. The van der Waals surface area contributed by atoms with Gasteiger partial charge in [0.1, 0.15) is 6.29 Å². The molecule has 0 heterocycles. The van der Waals surface area contributed by atoms with Gasteiger partial charge in [0, 0.05) is 24.6 Å². The summed E-state index contributed by atoms with van der Waals surface area (Å²) in [7, 11) is 1.93. The zero-order valence-corrected chi connectivity index (χ0v) is 8.63. The van der Waals surface area contributed by atoms with Gasteiger partial charge in [-0.2, -0.15) is 0 Å². The molecule has 3 heteroatoms. The molecule has 0 saturated carbocycles. The minimum Gasteiger partial charge on any atom is -0.399 e. The third-order valence-electron chi connectivity index (χ3n) is 1.91. The highest BCUT2D eigenvalue weighted by Crippen LogP contribution is 2.14. The Hall–Kier alpha value is -2.03. The number of nitrogen functional groups attached to an aromatic ring is 1. The molecule has 1 rings (SSSR count). The smallest absolute Gasteiger partial charge is 0.142 e. The molecule has 0 radical (unpaired) electrons. The van der Waals surface area contributed by atoms with Crippen LogP contribution in [-0.4, -0.2) is 13.3 Å². The van der Waals surface area contributed by atoms with Crippen LogP contribution in [0.15, 0.2) is 48.7 Å². The minimum atomic E-state index is 0.744. The zero-order chi connectivity index (χ0) is 11.1. The van der Waals surface area contributed by atoms with Gasteiger partial charge < -0.3 is 10.6 Å². The van der Waals surface area contributed by atoms with Crippen LogP contribution in [0.25, 0.3) is 0 Å². The molecule has 1 aromatic carbocycles. The average Bonchev–Trinajstić information content (AvgIpc) is 2.25. The largest absolute Gasteiger partial charge is 0.399 e. The van der Waals surface area contributed by atoms with Gasteiger partial charge in [-0.1, -0.05) is 6.08 Å². The van der Waals surface area contributed by atoms with E-state index in [1.165, 1.54) is 6.08 Å². The van der Waals surface area contributed by atoms with Gasteiger partial charge in [0.05, 0.1) is 0 Å². The number of anilines is 2. The van der Waals surface area contributed by atoms with E-state index in [1.807, 2.05) is 42.4 Å². The number of aldehydes is 1. The Bertz CT molecular complexity index is 366. The molecule has 0 aliphatic rings. The number of hydrogen-bond acceptors (Lipinski definition) is 3. The summed E-state index contributed by atoms with van der Waals surface area (Å²) in [6.07, 6.45) is 7.53. The maximum atomic E-state index is 10.0. The number of allylic oxidation sites excluding steroid dienone is 3. The van der Waals surface area contributed by atoms with Crippen LogP contribution in [0.3, 0.4) is 0 Å². The minimum absolute atomic E-state index is 0.744. The molecule has 0 unspecified atom stereocenters. The van der Waals surface area contributed by atoms with Gasteiger partial charge in [-0.3, -0.25) is 4.79 Å². The highest BCUT2D eigenvalue weighted by molar-refractivity contribution is 5.65. The molecular formula is C12H14N2O. The highest BCUT2D eigenvalue weighted by atomic mass is 16.1. The molecule has 15 heavy (non-hydrogen) atoms. The highest BCUT2D eigenvalue weighted by Gasteiger charge is 1.94. The van der Waals surface area contributed by atoms with Crippen molar-refractivity contribution in [2.45, 2.75) is 0 Å². The number of nitrogens with two attached hydrogens (primary N) is 1. The van der Waals surface area contributed by atoms with E-state index in [0.29, 0.717) is 0 Å². The topological polar surface area (TPSA) is 46.3 Å². The van der Waals surface area contributed by atoms with E-state index < -0.39 is 0 Å². The Kier molecular flexibility index (Phi) is 4.16. The van der Waals surface area contributed by atoms with Gasteiger partial charge in [0.2, 0.25) is 0 Å². The molecule has 78 valence electrons. The van der Waals surface area contributed by atoms with E-state index in [-0.39, 0.29) is 0 Å². The van der Waals surface area contributed by atoms with Crippen LogP contribution in [0, 0.1) is 0 Å². The molecule has 0 aliphatic carbocycles. The number of rotatable bonds is 4. The fourth-order valence-corrected chi connectivity index (χ4v) is 1.08. The number of nitrogens with zero attached hydrogens (tertiary/aromatic N) is 1. The monoisotopic (exact) mass is 202 g/mol. The second-order valence-electron chi connectivity index (χ2n) is 3.06. The molecule has 3 nitrogen and oxygen atoms in total. The molecule has 0 aliphatic heterocycles. The number of hydrogen-bond donors (Lipinski definition) is 1. The Morgan fingerprint density at radius 1 is 1.13 bits per heavy atom. The fraction of sp³-hybridized carbons (Fsp3) is 0.0833. The molecule has 0 saturated heterocycles. The number of carbonyl (C=O) groups excluding carboxylic acids is 1. The van der Waals surface area contributed by atoms with Crippen LogP contribution in [0.5, 0.6) is 0 Å². The predicted octanol–water partition coefficient (Wildman–Crippen LogP) is 1.97. The molecule has 2 N–H and O–H groups in total.